The highest BCUT2D eigenvalue weighted by atomic mass is 35.5. The number of amides is 1. The van der Waals surface area contributed by atoms with Crippen LogP contribution in [0.2, 0.25) is 5.02 Å². The first-order chi connectivity index (χ1) is 16.5. The molecule has 0 fully saturated rings. The lowest BCUT2D eigenvalue weighted by Gasteiger charge is -2.11. The Morgan fingerprint density at radius 2 is 1.97 bits per heavy atom. The standard InChI is InChI=1S/C25H20ClN5O3/c1-16-5-8-19(14-28-16)34-23-10-7-18(13-21(23)26)31-24-20-12-17(4-3-11-27-25(32)33-2)6-9-22(20)29-15-30-24/h5-10,12-15H,11H2,1-2H3,(H,27,32)(H,29,30,31). The lowest BCUT2D eigenvalue weighted by Crippen LogP contribution is -2.22. The Balaban J connectivity index is 1.53. The van der Waals surface area contributed by atoms with E-state index in [2.05, 4.69) is 42.2 Å². The number of methoxy groups -OCH3 is 1. The number of nitrogens with one attached hydrogen (secondary N) is 2. The van der Waals surface area contributed by atoms with E-state index in [-0.39, 0.29) is 6.54 Å². The van der Waals surface area contributed by atoms with Crippen molar-refractivity contribution in [3.05, 3.63) is 77.3 Å². The normalized spacial score (nSPS) is 10.2. The second kappa shape index (κ2) is 10.5. The Labute approximate surface area is 201 Å². The fraction of sp³-hybridized carbons (Fsp3) is 0.120. The molecule has 0 saturated carbocycles. The Morgan fingerprint density at radius 1 is 1.09 bits per heavy atom. The summed E-state index contributed by atoms with van der Waals surface area (Å²) in [4.78, 5) is 24.0. The van der Waals surface area contributed by atoms with Crippen LogP contribution in [0.5, 0.6) is 11.5 Å². The van der Waals surface area contributed by atoms with E-state index < -0.39 is 6.09 Å². The minimum absolute atomic E-state index is 0.173. The zero-order chi connectivity index (χ0) is 23.9. The molecule has 0 radical (unpaired) electrons. The van der Waals surface area contributed by atoms with Crippen molar-refractivity contribution in [2.45, 2.75) is 6.92 Å². The van der Waals surface area contributed by atoms with E-state index in [4.69, 9.17) is 16.3 Å². The van der Waals surface area contributed by atoms with Gasteiger partial charge >= 0.3 is 6.09 Å². The van der Waals surface area contributed by atoms with Crippen molar-refractivity contribution in [3.8, 4) is 23.3 Å². The topological polar surface area (TPSA) is 98.3 Å². The molecule has 2 heterocycles. The number of ether oxygens (including phenoxy) is 2. The SMILES string of the molecule is COC(=O)NCC#Cc1ccc2ncnc(Nc3ccc(Oc4ccc(C)nc4)c(Cl)c3)c2c1. The highest BCUT2D eigenvalue weighted by molar-refractivity contribution is 6.32. The summed E-state index contributed by atoms with van der Waals surface area (Å²) in [7, 11) is 1.30. The zero-order valence-corrected chi connectivity index (χ0v) is 19.2. The summed E-state index contributed by atoms with van der Waals surface area (Å²) in [6.45, 7) is 2.08. The number of halogens is 1. The van der Waals surface area contributed by atoms with Crippen molar-refractivity contribution in [3.63, 3.8) is 0 Å². The molecule has 0 bridgehead atoms. The number of fused-ring (bicyclic) bond motifs is 1. The average molecular weight is 474 g/mol. The van der Waals surface area contributed by atoms with Gasteiger partial charge in [-0.15, -0.1) is 0 Å². The number of aromatic nitrogens is 3. The third-order valence-electron chi connectivity index (χ3n) is 4.68. The molecule has 4 aromatic rings. The number of aryl methyl sites for hydroxylation is 1. The molecule has 8 nitrogen and oxygen atoms in total. The summed E-state index contributed by atoms with van der Waals surface area (Å²) < 4.78 is 10.3. The van der Waals surface area contributed by atoms with E-state index in [0.29, 0.717) is 22.3 Å². The van der Waals surface area contributed by atoms with Gasteiger partial charge in [-0.1, -0.05) is 23.4 Å². The minimum Gasteiger partial charge on any atom is -0.454 e. The van der Waals surface area contributed by atoms with Gasteiger partial charge in [-0.2, -0.15) is 0 Å². The van der Waals surface area contributed by atoms with Gasteiger partial charge in [0.25, 0.3) is 0 Å². The lowest BCUT2D eigenvalue weighted by atomic mass is 10.1. The van der Waals surface area contributed by atoms with Crippen molar-refractivity contribution in [2.24, 2.45) is 0 Å². The van der Waals surface area contributed by atoms with Gasteiger partial charge in [0.05, 0.1) is 30.4 Å². The van der Waals surface area contributed by atoms with Crippen LogP contribution in [0.1, 0.15) is 11.3 Å². The predicted octanol–water partition coefficient (Wildman–Crippen LogP) is 5.23. The van der Waals surface area contributed by atoms with E-state index in [0.717, 1.165) is 27.8 Å². The fourth-order valence-corrected chi connectivity index (χ4v) is 3.23. The molecular formula is C25H20ClN5O3. The molecule has 34 heavy (non-hydrogen) atoms. The molecule has 9 heteroatoms. The summed E-state index contributed by atoms with van der Waals surface area (Å²) in [6.07, 6.45) is 2.61. The largest absolute Gasteiger partial charge is 0.454 e. The Hall–Kier alpha value is -4.35. The number of carbonyl (C=O) groups excluding carboxylic acids is 1. The molecule has 0 aliphatic rings. The van der Waals surface area contributed by atoms with Gasteiger partial charge in [-0.3, -0.25) is 4.98 Å². The van der Waals surface area contributed by atoms with Crippen molar-refractivity contribution < 1.29 is 14.3 Å². The van der Waals surface area contributed by atoms with E-state index in [1.807, 2.05) is 43.3 Å². The lowest BCUT2D eigenvalue weighted by molar-refractivity contribution is 0.172. The summed E-state index contributed by atoms with van der Waals surface area (Å²) in [5.74, 6) is 7.61. The number of nitrogens with zero attached hydrogens (tertiary/aromatic N) is 3. The first-order valence-corrected chi connectivity index (χ1v) is 10.6. The molecule has 0 aliphatic carbocycles. The van der Waals surface area contributed by atoms with Crippen LogP contribution in [0.4, 0.5) is 16.3 Å². The molecule has 0 aliphatic heterocycles. The number of alkyl carbamates (subject to hydrolysis) is 1. The quantitative estimate of drug-likeness (QED) is 0.383. The van der Waals surface area contributed by atoms with Crippen molar-refractivity contribution >= 4 is 40.1 Å². The van der Waals surface area contributed by atoms with Gasteiger partial charge in [0.2, 0.25) is 0 Å². The van der Waals surface area contributed by atoms with E-state index in [1.54, 1.807) is 18.3 Å². The smallest absolute Gasteiger partial charge is 0.407 e. The van der Waals surface area contributed by atoms with Crippen LogP contribution in [-0.4, -0.2) is 34.7 Å². The molecule has 2 aromatic heterocycles. The first-order valence-electron chi connectivity index (χ1n) is 10.2. The molecule has 170 valence electrons. The molecule has 0 unspecified atom stereocenters. The Kier molecular flexibility index (Phi) is 7.06. The maximum absolute atomic E-state index is 11.1. The molecule has 4 rings (SSSR count). The van der Waals surface area contributed by atoms with Gasteiger partial charge in [-0.05, 0) is 55.5 Å². The fourth-order valence-electron chi connectivity index (χ4n) is 3.01. The minimum atomic E-state index is -0.529. The molecule has 0 spiro atoms. The van der Waals surface area contributed by atoms with Gasteiger partial charge in [-0.25, -0.2) is 14.8 Å². The predicted molar refractivity (Wildman–Crippen MR) is 131 cm³/mol. The Morgan fingerprint density at radius 3 is 2.74 bits per heavy atom. The van der Waals surface area contributed by atoms with Crippen LogP contribution in [0, 0.1) is 18.8 Å². The number of pyridine rings is 1. The zero-order valence-electron chi connectivity index (χ0n) is 18.4. The van der Waals surface area contributed by atoms with Gasteiger partial charge < -0.3 is 20.1 Å². The van der Waals surface area contributed by atoms with Crippen LogP contribution in [-0.2, 0) is 4.74 Å². The third kappa shape index (κ3) is 5.71. The molecule has 0 saturated heterocycles. The number of hydrogen-bond acceptors (Lipinski definition) is 7. The van der Waals surface area contributed by atoms with Crippen molar-refractivity contribution in [2.75, 3.05) is 19.0 Å². The molecule has 0 atom stereocenters. The van der Waals surface area contributed by atoms with Crippen molar-refractivity contribution in [1.29, 1.82) is 0 Å². The molecule has 2 aromatic carbocycles. The maximum Gasteiger partial charge on any atom is 0.407 e. The van der Waals surface area contributed by atoms with Crippen LogP contribution >= 0.6 is 11.6 Å². The molecule has 1 amide bonds. The van der Waals surface area contributed by atoms with E-state index in [1.165, 1.54) is 13.4 Å². The summed E-state index contributed by atoms with van der Waals surface area (Å²) in [5.41, 5.74) is 3.15. The molecule has 2 N–H and O–H groups in total. The second-order valence-corrected chi connectivity index (χ2v) is 7.52. The average Bonchev–Trinajstić information content (AvgIpc) is 2.85. The summed E-state index contributed by atoms with van der Waals surface area (Å²) in [6, 6.07) is 14.7. The van der Waals surface area contributed by atoms with Gasteiger partial charge in [0.15, 0.2) is 0 Å². The Bertz CT molecular complexity index is 1400. The summed E-state index contributed by atoms with van der Waals surface area (Å²) >= 11 is 6.45. The maximum atomic E-state index is 11.1. The van der Waals surface area contributed by atoms with Crippen LogP contribution in [0.25, 0.3) is 10.9 Å². The van der Waals surface area contributed by atoms with Crippen LogP contribution in [0.15, 0.2) is 61.1 Å². The highest BCUT2D eigenvalue weighted by Crippen LogP contribution is 2.33. The summed E-state index contributed by atoms with van der Waals surface area (Å²) in [5, 5.41) is 7.02. The van der Waals surface area contributed by atoms with E-state index in [9.17, 15) is 4.79 Å². The number of anilines is 2. The second-order valence-electron chi connectivity index (χ2n) is 7.11. The van der Waals surface area contributed by atoms with Crippen molar-refractivity contribution in [1.82, 2.24) is 20.3 Å². The van der Waals surface area contributed by atoms with Crippen LogP contribution in [0.3, 0.4) is 0 Å². The highest BCUT2D eigenvalue weighted by Gasteiger charge is 2.09. The van der Waals surface area contributed by atoms with Gasteiger partial charge in [0, 0.05) is 22.3 Å². The number of hydrogen-bond donors (Lipinski definition) is 2. The number of carbonyl (C=O) groups is 1. The third-order valence-corrected chi connectivity index (χ3v) is 4.98. The number of rotatable bonds is 5. The van der Waals surface area contributed by atoms with Gasteiger partial charge in [0.1, 0.15) is 23.6 Å². The van der Waals surface area contributed by atoms with E-state index >= 15 is 0 Å². The number of benzene rings is 2. The molecular weight excluding hydrogens is 454 g/mol. The first kappa shape index (κ1) is 22.8. The van der Waals surface area contributed by atoms with Crippen LogP contribution < -0.4 is 15.4 Å². The monoisotopic (exact) mass is 473 g/mol.